The Bertz CT molecular complexity index is 803. The predicted molar refractivity (Wildman–Crippen MR) is 104 cm³/mol. The lowest BCUT2D eigenvalue weighted by molar-refractivity contribution is -0.137. The molecule has 2 aromatic rings. The van der Waals surface area contributed by atoms with Crippen molar-refractivity contribution in [1.82, 2.24) is 10.2 Å². The molecular formula is C20H21ClF3N3O. The van der Waals surface area contributed by atoms with Crippen LogP contribution in [0.5, 0.6) is 0 Å². The van der Waals surface area contributed by atoms with Crippen molar-refractivity contribution in [2.75, 3.05) is 44.2 Å². The Morgan fingerprint density at radius 2 is 1.64 bits per heavy atom. The molecular weight excluding hydrogens is 391 g/mol. The Balaban J connectivity index is 1.46. The highest BCUT2D eigenvalue weighted by Crippen LogP contribution is 2.31. The number of piperazine rings is 1. The van der Waals surface area contributed by atoms with Crippen molar-refractivity contribution >= 4 is 23.2 Å². The number of rotatable bonds is 5. The van der Waals surface area contributed by atoms with Crippen LogP contribution in [0, 0.1) is 0 Å². The van der Waals surface area contributed by atoms with Crippen molar-refractivity contribution in [2.45, 2.75) is 6.18 Å². The van der Waals surface area contributed by atoms with Crippen LogP contribution in [0.15, 0.2) is 48.5 Å². The molecule has 0 spiro atoms. The number of nitrogens with zero attached hydrogens (tertiary/aromatic N) is 2. The maximum atomic E-state index is 13.0. The van der Waals surface area contributed by atoms with Gasteiger partial charge in [-0.05, 0) is 36.4 Å². The van der Waals surface area contributed by atoms with E-state index in [1.807, 2.05) is 24.3 Å². The molecule has 1 aliphatic rings. The van der Waals surface area contributed by atoms with Crippen LogP contribution in [0.2, 0.25) is 5.02 Å². The summed E-state index contributed by atoms with van der Waals surface area (Å²) in [6, 6.07) is 12.5. The summed E-state index contributed by atoms with van der Waals surface area (Å²) in [6.45, 7) is 4.20. The van der Waals surface area contributed by atoms with E-state index in [2.05, 4.69) is 15.1 Å². The first-order chi connectivity index (χ1) is 13.3. The fraction of sp³-hybridized carbons (Fsp3) is 0.350. The molecule has 8 heteroatoms. The Hall–Kier alpha value is -2.25. The van der Waals surface area contributed by atoms with Gasteiger partial charge in [0.15, 0.2) is 0 Å². The molecule has 150 valence electrons. The van der Waals surface area contributed by atoms with Gasteiger partial charge in [0.2, 0.25) is 0 Å². The maximum absolute atomic E-state index is 13.0. The molecule has 0 atom stereocenters. The minimum atomic E-state index is -4.55. The van der Waals surface area contributed by atoms with Gasteiger partial charge in [0.1, 0.15) is 0 Å². The van der Waals surface area contributed by atoms with Gasteiger partial charge in [-0.2, -0.15) is 13.2 Å². The number of carbonyl (C=O) groups is 1. The molecule has 0 aliphatic carbocycles. The summed E-state index contributed by atoms with van der Waals surface area (Å²) in [4.78, 5) is 16.6. The van der Waals surface area contributed by atoms with Crippen LogP contribution in [-0.2, 0) is 6.18 Å². The predicted octanol–water partition coefficient (Wildman–Crippen LogP) is 3.91. The van der Waals surface area contributed by atoms with E-state index < -0.39 is 17.6 Å². The molecule has 1 saturated heterocycles. The number of alkyl halides is 3. The lowest BCUT2D eigenvalue weighted by Crippen LogP contribution is -2.48. The topological polar surface area (TPSA) is 35.6 Å². The van der Waals surface area contributed by atoms with E-state index in [9.17, 15) is 18.0 Å². The van der Waals surface area contributed by atoms with E-state index in [1.165, 1.54) is 18.2 Å². The molecule has 1 heterocycles. The average Bonchev–Trinajstić information content (AvgIpc) is 2.68. The Morgan fingerprint density at radius 3 is 2.29 bits per heavy atom. The lowest BCUT2D eigenvalue weighted by Gasteiger charge is -2.36. The summed E-state index contributed by atoms with van der Waals surface area (Å²) < 4.78 is 39.1. The normalized spacial score (nSPS) is 15.5. The Morgan fingerprint density at radius 1 is 1.00 bits per heavy atom. The molecule has 1 N–H and O–H groups in total. The number of benzene rings is 2. The molecule has 0 radical (unpaired) electrons. The molecule has 0 saturated carbocycles. The molecule has 1 amide bonds. The van der Waals surface area contributed by atoms with Crippen LogP contribution < -0.4 is 10.2 Å². The number of nitrogens with one attached hydrogen (secondary N) is 1. The monoisotopic (exact) mass is 411 g/mol. The van der Waals surface area contributed by atoms with E-state index in [0.717, 1.165) is 37.9 Å². The molecule has 0 unspecified atom stereocenters. The van der Waals surface area contributed by atoms with Gasteiger partial charge in [0, 0.05) is 50.0 Å². The second-order valence-electron chi connectivity index (χ2n) is 6.60. The van der Waals surface area contributed by atoms with Crippen LogP contribution in [0.1, 0.15) is 15.9 Å². The maximum Gasteiger partial charge on any atom is 0.417 e. The van der Waals surface area contributed by atoms with Gasteiger partial charge in [0.25, 0.3) is 5.91 Å². The summed E-state index contributed by atoms with van der Waals surface area (Å²) in [7, 11) is 0. The first kappa shape index (κ1) is 20.5. The number of hydrogen-bond acceptors (Lipinski definition) is 3. The highest BCUT2D eigenvalue weighted by atomic mass is 35.5. The third-order valence-electron chi connectivity index (χ3n) is 4.75. The number of hydrogen-bond donors (Lipinski definition) is 1. The summed E-state index contributed by atoms with van der Waals surface area (Å²) in [5.41, 5.74) is -0.146. The Kier molecular flexibility index (Phi) is 6.46. The summed E-state index contributed by atoms with van der Waals surface area (Å²) in [5.74, 6) is -0.701. The molecule has 4 nitrogen and oxygen atoms in total. The zero-order valence-electron chi connectivity index (χ0n) is 15.2. The number of amides is 1. The van der Waals surface area contributed by atoms with Crippen molar-refractivity contribution in [3.05, 3.63) is 64.7 Å². The first-order valence-electron chi connectivity index (χ1n) is 9.02. The SMILES string of the molecule is O=C(NCCN1CCN(c2ccc(Cl)cc2)CC1)c1ccccc1C(F)(F)F. The standard InChI is InChI=1S/C20H21ClF3N3O/c21-15-5-7-16(8-6-15)27-13-11-26(12-14-27)10-9-25-19(28)17-3-1-2-4-18(17)20(22,23)24/h1-8H,9-14H2,(H,25,28). The molecule has 1 fully saturated rings. The van der Waals surface area contributed by atoms with Gasteiger partial charge in [-0.3, -0.25) is 9.69 Å². The minimum Gasteiger partial charge on any atom is -0.369 e. The van der Waals surface area contributed by atoms with E-state index in [4.69, 9.17) is 11.6 Å². The van der Waals surface area contributed by atoms with Crippen LogP contribution in [0.4, 0.5) is 18.9 Å². The number of anilines is 1. The fourth-order valence-electron chi connectivity index (χ4n) is 3.23. The van der Waals surface area contributed by atoms with E-state index >= 15 is 0 Å². The largest absolute Gasteiger partial charge is 0.417 e. The zero-order valence-corrected chi connectivity index (χ0v) is 15.9. The van der Waals surface area contributed by atoms with Crippen molar-refractivity contribution in [3.8, 4) is 0 Å². The van der Waals surface area contributed by atoms with Gasteiger partial charge in [0.05, 0.1) is 11.1 Å². The van der Waals surface area contributed by atoms with Gasteiger partial charge in [-0.1, -0.05) is 23.7 Å². The zero-order chi connectivity index (χ0) is 20.1. The summed E-state index contributed by atoms with van der Waals surface area (Å²) in [6.07, 6.45) is -4.55. The molecule has 0 bridgehead atoms. The quantitative estimate of drug-likeness (QED) is 0.810. The number of halogens is 4. The lowest BCUT2D eigenvalue weighted by atomic mass is 10.1. The molecule has 1 aliphatic heterocycles. The van der Waals surface area contributed by atoms with Gasteiger partial charge in [-0.25, -0.2) is 0 Å². The smallest absolute Gasteiger partial charge is 0.369 e. The Labute approximate surface area is 166 Å². The van der Waals surface area contributed by atoms with Gasteiger partial charge in [-0.15, -0.1) is 0 Å². The van der Waals surface area contributed by atoms with Crippen LogP contribution in [-0.4, -0.2) is 50.1 Å². The molecule has 2 aromatic carbocycles. The molecule has 28 heavy (non-hydrogen) atoms. The second kappa shape index (κ2) is 8.84. The minimum absolute atomic E-state index is 0.298. The molecule has 0 aromatic heterocycles. The van der Waals surface area contributed by atoms with Crippen LogP contribution in [0.25, 0.3) is 0 Å². The van der Waals surface area contributed by atoms with Crippen molar-refractivity contribution < 1.29 is 18.0 Å². The van der Waals surface area contributed by atoms with E-state index in [1.54, 1.807) is 0 Å². The summed E-state index contributed by atoms with van der Waals surface area (Å²) in [5, 5.41) is 3.30. The van der Waals surface area contributed by atoms with Gasteiger partial charge < -0.3 is 10.2 Å². The third-order valence-corrected chi connectivity index (χ3v) is 5.01. The average molecular weight is 412 g/mol. The number of carbonyl (C=O) groups excluding carboxylic acids is 1. The van der Waals surface area contributed by atoms with E-state index in [0.29, 0.717) is 18.1 Å². The van der Waals surface area contributed by atoms with Crippen LogP contribution >= 0.6 is 11.6 Å². The van der Waals surface area contributed by atoms with Crippen LogP contribution in [0.3, 0.4) is 0 Å². The first-order valence-corrected chi connectivity index (χ1v) is 9.40. The van der Waals surface area contributed by atoms with E-state index in [-0.39, 0.29) is 5.56 Å². The second-order valence-corrected chi connectivity index (χ2v) is 7.04. The highest BCUT2D eigenvalue weighted by molar-refractivity contribution is 6.30. The summed E-state index contributed by atoms with van der Waals surface area (Å²) >= 11 is 5.91. The highest BCUT2D eigenvalue weighted by Gasteiger charge is 2.34. The molecule has 3 rings (SSSR count). The fourth-order valence-corrected chi connectivity index (χ4v) is 3.36. The van der Waals surface area contributed by atoms with Gasteiger partial charge >= 0.3 is 6.18 Å². The van der Waals surface area contributed by atoms with Crippen molar-refractivity contribution in [3.63, 3.8) is 0 Å². The van der Waals surface area contributed by atoms with Crippen molar-refractivity contribution in [2.24, 2.45) is 0 Å². The third kappa shape index (κ3) is 5.17. The van der Waals surface area contributed by atoms with Crippen molar-refractivity contribution in [1.29, 1.82) is 0 Å².